The number of likely N-dealkylation sites (tertiary alicyclic amines) is 1. The van der Waals surface area contributed by atoms with E-state index in [-0.39, 0.29) is 0 Å². The van der Waals surface area contributed by atoms with Crippen LogP contribution >= 0.6 is 11.8 Å². The Balaban J connectivity index is 1.85. The zero-order chi connectivity index (χ0) is 13.8. The molecule has 2 rings (SSSR count). The van der Waals surface area contributed by atoms with Gasteiger partial charge in [0, 0.05) is 17.8 Å². The first-order chi connectivity index (χ1) is 9.09. The lowest BCUT2D eigenvalue weighted by molar-refractivity contribution is 0.182. The molecular formula is C13H25N5S. The Kier molecular flexibility index (Phi) is 5.10. The van der Waals surface area contributed by atoms with E-state index in [2.05, 4.69) is 36.0 Å². The van der Waals surface area contributed by atoms with Crippen LogP contribution in [0.25, 0.3) is 0 Å². The highest BCUT2D eigenvalue weighted by Gasteiger charge is 2.19. The Morgan fingerprint density at radius 3 is 2.84 bits per heavy atom. The average molecular weight is 283 g/mol. The first-order valence-corrected chi connectivity index (χ1v) is 8.11. The number of piperidine rings is 1. The maximum Gasteiger partial charge on any atom is 0.222 e. The number of rotatable bonds is 5. The Bertz CT molecular complexity index is 404. The van der Waals surface area contributed by atoms with Gasteiger partial charge in [0.05, 0.1) is 0 Å². The lowest BCUT2D eigenvalue weighted by Crippen LogP contribution is -2.36. The number of hydrogen-bond donors (Lipinski definition) is 1. The maximum absolute atomic E-state index is 5.85. The molecule has 2 heterocycles. The summed E-state index contributed by atoms with van der Waals surface area (Å²) in [6, 6.07) is 1.05. The predicted molar refractivity (Wildman–Crippen MR) is 80.4 cm³/mol. The lowest BCUT2D eigenvalue weighted by Gasteiger charge is -2.32. The quantitative estimate of drug-likeness (QED) is 0.841. The van der Waals surface area contributed by atoms with Gasteiger partial charge in [-0.05, 0) is 46.7 Å². The molecule has 1 saturated heterocycles. The van der Waals surface area contributed by atoms with Crippen molar-refractivity contribution in [3.63, 3.8) is 0 Å². The number of thioether (sulfide) groups is 1. The second-order valence-corrected chi connectivity index (χ2v) is 6.63. The molecule has 0 radical (unpaired) electrons. The molecule has 6 heteroatoms. The van der Waals surface area contributed by atoms with Crippen LogP contribution in [0.4, 0.5) is 5.95 Å². The van der Waals surface area contributed by atoms with Crippen LogP contribution in [-0.2, 0) is 0 Å². The number of nitrogens with zero attached hydrogens (tertiary/aromatic N) is 4. The van der Waals surface area contributed by atoms with Crippen molar-refractivity contribution < 1.29 is 0 Å². The van der Waals surface area contributed by atoms with Crippen LogP contribution in [0.3, 0.4) is 0 Å². The standard InChI is InChI=1S/C13H25N5S/c1-10(2)18-12(14)15-16-13(18)19-9-7-11-6-4-5-8-17(11)3/h10-11H,4-9H2,1-3H3,(H2,14,15). The van der Waals surface area contributed by atoms with Gasteiger partial charge < -0.3 is 10.6 Å². The summed E-state index contributed by atoms with van der Waals surface area (Å²) in [5.41, 5.74) is 5.85. The Morgan fingerprint density at radius 1 is 1.37 bits per heavy atom. The van der Waals surface area contributed by atoms with Crippen LogP contribution in [0.5, 0.6) is 0 Å². The zero-order valence-electron chi connectivity index (χ0n) is 12.2. The van der Waals surface area contributed by atoms with E-state index in [1.54, 1.807) is 11.8 Å². The van der Waals surface area contributed by atoms with Crippen molar-refractivity contribution in [1.82, 2.24) is 19.7 Å². The molecule has 0 aromatic carbocycles. The first-order valence-electron chi connectivity index (χ1n) is 7.13. The van der Waals surface area contributed by atoms with Gasteiger partial charge >= 0.3 is 0 Å². The second kappa shape index (κ2) is 6.61. The van der Waals surface area contributed by atoms with Gasteiger partial charge in [-0.3, -0.25) is 4.57 Å². The minimum absolute atomic E-state index is 0.315. The molecule has 0 aliphatic carbocycles. The van der Waals surface area contributed by atoms with E-state index in [9.17, 15) is 0 Å². The number of nitrogen functional groups attached to an aromatic ring is 1. The summed E-state index contributed by atoms with van der Waals surface area (Å²) in [5, 5.41) is 9.10. The van der Waals surface area contributed by atoms with Crippen molar-refractivity contribution in [3.05, 3.63) is 0 Å². The molecule has 19 heavy (non-hydrogen) atoms. The summed E-state index contributed by atoms with van der Waals surface area (Å²) in [5.74, 6) is 1.60. The molecular weight excluding hydrogens is 258 g/mol. The SMILES string of the molecule is CC(C)n1c(N)nnc1SCCC1CCCCN1C. The largest absolute Gasteiger partial charge is 0.368 e. The lowest BCUT2D eigenvalue weighted by atomic mass is 10.0. The number of anilines is 1. The van der Waals surface area contributed by atoms with Crippen molar-refractivity contribution in [1.29, 1.82) is 0 Å². The zero-order valence-corrected chi connectivity index (χ0v) is 13.0. The molecule has 5 nitrogen and oxygen atoms in total. The van der Waals surface area contributed by atoms with Crippen molar-refractivity contribution in [3.8, 4) is 0 Å². The smallest absolute Gasteiger partial charge is 0.222 e. The van der Waals surface area contributed by atoms with Gasteiger partial charge in [-0.1, -0.05) is 18.2 Å². The third-order valence-electron chi connectivity index (χ3n) is 3.81. The van der Waals surface area contributed by atoms with Gasteiger partial charge in [-0.15, -0.1) is 10.2 Å². The molecule has 1 unspecified atom stereocenters. The topological polar surface area (TPSA) is 60.0 Å². The summed E-state index contributed by atoms with van der Waals surface area (Å²) in [6.07, 6.45) is 5.26. The van der Waals surface area contributed by atoms with Crippen molar-refractivity contribution >= 4 is 17.7 Å². The van der Waals surface area contributed by atoms with E-state index >= 15 is 0 Å². The minimum atomic E-state index is 0.315. The van der Waals surface area contributed by atoms with Gasteiger partial charge in [0.1, 0.15) is 0 Å². The van der Waals surface area contributed by atoms with E-state index in [0.29, 0.717) is 12.0 Å². The summed E-state index contributed by atoms with van der Waals surface area (Å²) >= 11 is 1.77. The molecule has 0 bridgehead atoms. The monoisotopic (exact) mass is 283 g/mol. The van der Waals surface area contributed by atoms with Gasteiger partial charge in [-0.2, -0.15) is 0 Å². The number of hydrogen-bond acceptors (Lipinski definition) is 5. The van der Waals surface area contributed by atoms with Crippen LogP contribution < -0.4 is 5.73 Å². The predicted octanol–water partition coefficient (Wildman–Crippen LogP) is 2.41. The highest BCUT2D eigenvalue weighted by molar-refractivity contribution is 7.99. The van der Waals surface area contributed by atoms with Crippen molar-refractivity contribution in [2.24, 2.45) is 0 Å². The molecule has 1 aliphatic rings. The summed E-state index contributed by atoms with van der Waals surface area (Å²) in [6.45, 7) is 5.46. The van der Waals surface area contributed by atoms with Crippen LogP contribution in [0.15, 0.2) is 5.16 Å². The first kappa shape index (κ1) is 14.7. The van der Waals surface area contributed by atoms with Crippen LogP contribution in [0.2, 0.25) is 0 Å². The molecule has 108 valence electrons. The summed E-state index contributed by atoms with van der Waals surface area (Å²) < 4.78 is 2.01. The second-order valence-electron chi connectivity index (χ2n) is 5.57. The Morgan fingerprint density at radius 2 is 2.16 bits per heavy atom. The van der Waals surface area contributed by atoms with E-state index in [4.69, 9.17) is 5.73 Å². The molecule has 0 spiro atoms. The molecule has 1 aromatic heterocycles. The fourth-order valence-corrected chi connectivity index (χ4v) is 3.78. The van der Waals surface area contributed by atoms with Gasteiger partial charge in [-0.25, -0.2) is 0 Å². The molecule has 1 aliphatic heterocycles. The summed E-state index contributed by atoms with van der Waals surface area (Å²) in [7, 11) is 2.24. The van der Waals surface area contributed by atoms with Gasteiger partial charge in [0.25, 0.3) is 0 Å². The molecule has 1 atom stereocenters. The fraction of sp³-hybridized carbons (Fsp3) is 0.846. The minimum Gasteiger partial charge on any atom is -0.368 e. The van der Waals surface area contributed by atoms with E-state index in [1.807, 2.05) is 4.57 Å². The number of aromatic nitrogens is 3. The van der Waals surface area contributed by atoms with Gasteiger partial charge in [0.2, 0.25) is 5.95 Å². The van der Waals surface area contributed by atoms with Crippen molar-refractivity contribution in [2.45, 2.75) is 56.8 Å². The van der Waals surface area contributed by atoms with E-state index in [1.165, 1.54) is 32.2 Å². The highest BCUT2D eigenvalue weighted by atomic mass is 32.2. The third kappa shape index (κ3) is 3.63. The van der Waals surface area contributed by atoms with E-state index in [0.717, 1.165) is 17.0 Å². The fourth-order valence-electron chi connectivity index (χ4n) is 2.67. The highest BCUT2D eigenvalue weighted by Crippen LogP contribution is 2.25. The van der Waals surface area contributed by atoms with Gasteiger partial charge in [0.15, 0.2) is 5.16 Å². The van der Waals surface area contributed by atoms with Crippen molar-refractivity contribution in [2.75, 3.05) is 25.1 Å². The average Bonchev–Trinajstić information content (AvgIpc) is 2.73. The normalized spacial score (nSPS) is 21.2. The van der Waals surface area contributed by atoms with E-state index < -0.39 is 0 Å². The third-order valence-corrected chi connectivity index (χ3v) is 4.79. The molecule has 1 aromatic rings. The molecule has 2 N–H and O–H groups in total. The van der Waals surface area contributed by atoms with Crippen LogP contribution in [0, 0.1) is 0 Å². The number of nitrogens with two attached hydrogens (primary N) is 1. The summed E-state index contributed by atoms with van der Waals surface area (Å²) in [4.78, 5) is 2.49. The molecule has 1 fully saturated rings. The Hall–Kier alpha value is -0.750. The molecule has 0 saturated carbocycles. The molecule has 0 amide bonds. The van der Waals surface area contributed by atoms with Crippen LogP contribution in [-0.4, -0.2) is 45.1 Å². The Labute approximate surface area is 119 Å². The maximum atomic E-state index is 5.85. The van der Waals surface area contributed by atoms with Crippen LogP contribution in [0.1, 0.15) is 45.6 Å².